The highest BCUT2D eigenvalue weighted by Crippen LogP contribution is 2.34. The minimum Gasteiger partial charge on any atom is -0.490 e. The van der Waals surface area contributed by atoms with Crippen LogP contribution in [0.5, 0.6) is 17.2 Å². The van der Waals surface area contributed by atoms with E-state index in [9.17, 15) is 4.39 Å². The van der Waals surface area contributed by atoms with Gasteiger partial charge in [0.05, 0.1) is 12.3 Å². The number of hydrogen-bond donors (Lipinski definition) is 1. The number of nitrogen functional groups attached to an aromatic ring is 1. The Balaban J connectivity index is 2.28. The SMILES string of the molecule is CCCOc1cc(Oc2ccc(C)c(C)c2)c(N)cc1F. The van der Waals surface area contributed by atoms with Gasteiger partial charge in [-0.25, -0.2) is 4.39 Å². The Morgan fingerprint density at radius 2 is 1.81 bits per heavy atom. The molecule has 0 unspecified atom stereocenters. The number of anilines is 1. The van der Waals surface area contributed by atoms with Crippen LogP contribution in [0.4, 0.5) is 10.1 Å². The predicted octanol–water partition coefficient (Wildman–Crippen LogP) is 4.61. The molecule has 21 heavy (non-hydrogen) atoms. The Morgan fingerprint density at radius 3 is 2.48 bits per heavy atom. The third kappa shape index (κ3) is 3.66. The molecule has 0 amide bonds. The first kappa shape index (κ1) is 15.2. The van der Waals surface area contributed by atoms with Crippen LogP contribution in [0.25, 0.3) is 0 Å². The van der Waals surface area contributed by atoms with Crippen LogP contribution in [0.1, 0.15) is 24.5 Å². The van der Waals surface area contributed by atoms with Crippen molar-refractivity contribution in [1.82, 2.24) is 0 Å². The summed E-state index contributed by atoms with van der Waals surface area (Å²) in [5, 5.41) is 0. The monoisotopic (exact) mass is 289 g/mol. The van der Waals surface area contributed by atoms with E-state index in [0.717, 1.165) is 12.0 Å². The second kappa shape index (κ2) is 6.48. The molecule has 0 saturated carbocycles. The van der Waals surface area contributed by atoms with E-state index in [1.54, 1.807) is 0 Å². The van der Waals surface area contributed by atoms with E-state index in [0.29, 0.717) is 18.1 Å². The summed E-state index contributed by atoms with van der Waals surface area (Å²) >= 11 is 0. The maximum atomic E-state index is 13.7. The van der Waals surface area contributed by atoms with Crippen LogP contribution in [0.2, 0.25) is 0 Å². The van der Waals surface area contributed by atoms with Crippen molar-refractivity contribution >= 4 is 5.69 Å². The van der Waals surface area contributed by atoms with Crippen LogP contribution in [0, 0.1) is 19.7 Å². The van der Waals surface area contributed by atoms with Crippen LogP contribution in [-0.2, 0) is 0 Å². The zero-order valence-electron chi connectivity index (χ0n) is 12.6. The van der Waals surface area contributed by atoms with Crippen molar-refractivity contribution in [3.8, 4) is 17.2 Å². The van der Waals surface area contributed by atoms with E-state index in [4.69, 9.17) is 15.2 Å². The van der Waals surface area contributed by atoms with Crippen LogP contribution >= 0.6 is 0 Å². The van der Waals surface area contributed by atoms with E-state index in [-0.39, 0.29) is 11.4 Å². The second-order valence-electron chi connectivity index (χ2n) is 5.02. The van der Waals surface area contributed by atoms with Gasteiger partial charge in [-0.05, 0) is 43.5 Å². The summed E-state index contributed by atoms with van der Waals surface area (Å²) in [4.78, 5) is 0. The fraction of sp³-hybridized carbons (Fsp3) is 0.294. The Bertz CT molecular complexity index is 641. The Kier molecular flexibility index (Phi) is 4.68. The molecule has 0 saturated heterocycles. The number of benzene rings is 2. The number of hydrogen-bond acceptors (Lipinski definition) is 3. The first-order valence-corrected chi connectivity index (χ1v) is 6.98. The summed E-state index contributed by atoms with van der Waals surface area (Å²) in [5.41, 5.74) is 8.36. The molecule has 2 aromatic carbocycles. The molecule has 0 atom stereocenters. The molecule has 0 aliphatic carbocycles. The highest BCUT2D eigenvalue weighted by Gasteiger charge is 2.11. The molecule has 112 valence electrons. The zero-order chi connectivity index (χ0) is 15.4. The molecule has 2 aromatic rings. The summed E-state index contributed by atoms with van der Waals surface area (Å²) in [5.74, 6) is 0.738. The van der Waals surface area contributed by atoms with Gasteiger partial charge < -0.3 is 15.2 Å². The van der Waals surface area contributed by atoms with Crippen molar-refractivity contribution in [2.75, 3.05) is 12.3 Å². The van der Waals surface area contributed by atoms with Gasteiger partial charge in [-0.1, -0.05) is 13.0 Å². The summed E-state index contributed by atoms with van der Waals surface area (Å²) in [6.07, 6.45) is 0.803. The van der Waals surface area contributed by atoms with Gasteiger partial charge in [-0.15, -0.1) is 0 Å². The van der Waals surface area contributed by atoms with Crippen molar-refractivity contribution < 1.29 is 13.9 Å². The molecular formula is C17H20FNO2. The molecule has 0 fully saturated rings. The van der Waals surface area contributed by atoms with Gasteiger partial charge in [0, 0.05) is 12.1 Å². The molecule has 2 rings (SSSR count). The highest BCUT2D eigenvalue weighted by molar-refractivity contribution is 5.57. The third-order valence-corrected chi connectivity index (χ3v) is 3.23. The normalized spacial score (nSPS) is 10.5. The smallest absolute Gasteiger partial charge is 0.167 e. The molecule has 0 spiro atoms. The molecule has 3 nitrogen and oxygen atoms in total. The lowest BCUT2D eigenvalue weighted by Gasteiger charge is -2.13. The lowest BCUT2D eigenvalue weighted by Crippen LogP contribution is -2.00. The molecule has 2 N–H and O–H groups in total. The maximum absolute atomic E-state index is 13.7. The largest absolute Gasteiger partial charge is 0.490 e. The van der Waals surface area contributed by atoms with Gasteiger partial charge in [0.1, 0.15) is 5.75 Å². The minimum absolute atomic E-state index is 0.157. The zero-order valence-corrected chi connectivity index (χ0v) is 12.6. The van der Waals surface area contributed by atoms with Gasteiger partial charge in [-0.2, -0.15) is 0 Å². The molecule has 4 heteroatoms. The van der Waals surface area contributed by atoms with Crippen molar-refractivity contribution in [2.45, 2.75) is 27.2 Å². The van der Waals surface area contributed by atoms with Crippen LogP contribution in [-0.4, -0.2) is 6.61 Å². The van der Waals surface area contributed by atoms with Gasteiger partial charge in [0.2, 0.25) is 0 Å². The van der Waals surface area contributed by atoms with Gasteiger partial charge in [0.15, 0.2) is 17.3 Å². The fourth-order valence-corrected chi connectivity index (χ4v) is 1.87. The number of halogens is 1. The number of aryl methyl sites for hydroxylation is 2. The molecule has 0 aliphatic rings. The lowest BCUT2D eigenvalue weighted by atomic mass is 10.1. The summed E-state index contributed by atoms with van der Waals surface area (Å²) < 4.78 is 24.8. The predicted molar refractivity (Wildman–Crippen MR) is 82.6 cm³/mol. The maximum Gasteiger partial charge on any atom is 0.167 e. The Morgan fingerprint density at radius 1 is 1.05 bits per heavy atom. The minimum atomic E-state index is -0.478. The first-order valence-electron chi connectivity index (χ1n) is 6.98. The summed E-state index contributed by atoms with van der Waals surface area (Å²) in [6, 6.07) is 8.47. The molecule has 0 bridgehead atoms. The standard InChI is InChI=1S/C17H20FNO2/c1-4-7-20-16-10-17(15(19)9-14(16)18)21-13-6-5-11(2)12(3)8-13/h5-6,8-10H,4,7,19H2,1-3H3. The average molecular weight is 289 g/mol. The Labute approximate surface area is 124 Å². The first-order chi connectivity index (χ1) is 10.0. The van der Waals surface area contributed by atoms with Crippen molar-refractivity contribution in [2.24, 2.45) is 0 Å². The van der Waals surface area contributed by atoms with Crippen LogP contribution in [0.3, 0.4) is 0 Å². The highest BCUT2D eigenvalue weighted by atomic mass is 19.1. The van der Waals surface area contributed by atoms with Gasteiger partial charge in [0.25, 0.3) is 0 Å². The van der Waals surface area contributed by atoms with Crippen molar-refractivity contribution in [3.63, 3.8) is 0 Å². The Hall–Kier alpha value is -2.23. The topological polar surface area (TPSA) is 44.5 Å². The van der Waals surface area contributed by atoms with E-state index in [1.165, 1.54) is 17.7 Å². The van der Waals surface area contributed by atoms with E-state index in [1.807, 2.05) is 39.0 Å². The summed E-state index contributed by atoms with van der Waals surface area (Å²) in [7, 11) is 0. The summed E-state index contributed by atoms with van der Waals surface area (Å²) in [6.45, 7) is 6.44. The number of nitrogens with two attached hydrogens (primary N) is 1. The van der Waals surface area contributed by atoms with Gasteiger partial charge in [-0.3, -0.25) is 0 Å². The average Bonchev–Trinajstić information content (AvgIpc) is 2.44. The fourth-order valence-electron chi connectivity index (χ4n) is 1.87. The molecule has 0 radical (unpaired) electrons. The quantitative estimate of drug-likeness (QED) is 0.818. The van der Waals surface area contributed by atoms with E-state index in [2.05, 4.69) is 0 Å². The molecular weight excluding hydrogens is 269 g/mol. The third-order valence-electron chi connectivity index (χ3n) is 3.23. The van der Waals surface area contributed by atoms with Crippen molar-refractivity contribution in [1.29, 1.82) is 0 Å². The lowest BCUT2D eigenvalue weighted by molar-refractivity contribution is 0.300. The molecule has 0 aromatic heterocycles. The number of ether oxygens (including phenoxy) is 2. The molecule has 0 heterocycles. The van der Waals surface area contributed by atoms with Crippen LogP contribution in [0.15, 0.2) is 30.3 Å². The second-order valence-corrected chi connectivity index (χ2v) is 5.02. The molecule has 0 aliphatic heterocycles. The van der Waals surface area contributed by atoms with Crippen molar-refractivity contribution in [3.05, 3.63) is 47.3 Å². The van der Waals surface area contributed by atoms with E-state index >= 15 is 0 Å². The van der Waals surface area contributed by atoms with Crippen LogP contribution < -0.4 is 15.2 Å². The van der Waals surface area contributed by atoms with E-state index < -0.39 is 5.82 Å². The van der Waals surface area contributed by atoms with Gasteiger partial charge >= 0.3 is 0 Å². The number of rotatable bonds is 5.